The van der Waals surface area contributed by atoms with Crippen molar-refractivity contribution in [3.05, 3.63) is 54.9 Å². The van der Waals surface area contributed by atoms with Crippen LogP contribution in [-0.4, -0.2) is 0 Å². The van der Waals surface area contributed by atoms with E-state index in [9.17, 15) is 4.39 Å². The molecule has 1 atom stereocenters. The second-order valence-electron chi connectivity index (χ2n) is 4.44. The summed E-state index contributed by atoms with van der Waals surface area (Å²) in [6.45, 7) is 5.69. The molecule has 1 aromatic heterocycles. The zero-order valence-corrected chi connectivity index (χ0v) is 14.3. The topological polar surface area (TPSA) is 0 Å². The maximum absolute atomic E-state index is 13.6. The average Bonchev–Trinajstić information content (AvgIpc) is 2.65. The van der Waals surface area contributed by atoms with Gasteiger partial charge in [0, 0.05) is 4.88 Å². The van der Waals surface area contributed by atoms with Crippen LogP contribution in [0.2, 0.25) is 0 Å². The molecule has 0 aliphatic carbocycles. The van der Waals surface area contributed by atoms with Gasteiger partial charge in [0.05, 0.1) is 8.61 Å². The van der Waals surface area contributed by atoms with Gasteiger partial charge in [-0.3, -0.25) is 0 Å². The molecule has 0 spiro atoms. The van der Waals surface area contributed by atoms with Crippen molar-refractivity contribution in [2.45, 2.75) is 25.6 Å². The van der Waals surface area contributed by atoms with Gasteiger partial charge in [0.25, 0.3) is 0 Å². The second kappa shape index (κ2) is 5.43. The summed E-state index contributed by atoms with van der Waals surface area (Å²) in [4.78, 5) is 1.34. The van der Waals surface area contributed by atoms with E-state index in [1.165, 1.54) is 10.4 Å². The summed E-state index contributed by atoms with van der Waals surface area (Å²) in [5.74, 6) is -0.109. The molecule has 0 amide bonds. The van der Waals surface area contributed by atoms with E-state index in [4.69, 9.17) is 0 Å². The molecule has 2 rings (SSSR count). The third kappa shape index (κ3) is 2.70. The van der Waals surface area contributed by atoms with Crippen molar-refractivity contribution in [3.63, 3.8) is 0 Å². The van der Waals surface area contributed by atoms with Gasteiger partial charge in [0.1, 0.15) is 5.82 Å². The number of thiophene rings is 1. The van der Waals surface area contributed by atoms with E-state index in [2.05, 4.69) is 44.8 Å². The van der Waals surface area contributed by atoms with Crippen LogP contribution in [0.3, 0.4) is 0 Å². The Labute approximate surface area is 127 Å². The first-order valence-electron chi connectivity index (χ1n) is 5.56. The quantitative estimate of drug-likeness (QED) is 0.545. The Morgan fingerprint density at radius 1 is 1.06 bits per heavy atom. The Hall–Kier alpha value is -0.190. The van der Waals surface area contributed by atoms with Gasteiger partial charge in [-0.05, 0) is 65.0 Å². The molecule has 0 aliphatic heterocycles. The van der Waals surface area contributed by atoms with E-state index in [1.54, 1.807) is 25.2 Å². The third-order valence-corrected chi connectivity index (χ3v) is 6.40. The summed E-state index contributed by atoms with van der Waals surface area (Å²) in [6.07, 6.45) is 0. The van der Waals surface area contributed by atoms with Crippen molar-refractivity contribution < 1.29 is 4.39 Å². The number of hydrogen-bond acceptors (Lipinski definition) is 1. The van der Waals surface area contributed by atoms with Crippen molar-refractivity contribution in [1.29, 1.82) is 0 Å². The zero-order chi connectivity index (χ0) is 13.4. The van der Waals surface area contributed by atoms with Crippen molar-refractivity contribution >= 4 is 43.2 Å². The van der Waals surface area contributed by atoms with E-state index in [0.717, 1.165) is 9.35 Å². The van der Waals surface area contributed by atoms with Crippen LogP contribution in [-0.2, 0) is 0 Å². The molecule has 1 aromatic carbocycles. The number of alkyl halides is 1. The zero-order valence-electron chi connectivity index (χ0n) is 10.4. The van der Waals surface area contributed by atoms with E-state index in [-0.39, 0.29) is 10.6 Å². The Kier molecular flexibility index (Phi) is 4.29. The van der Waals surface area contributed by atoms with Gasteiger partial charge >= 0.3 is 0 Å². The first kappa shape index (κ1) is 14.2. The highest BCUT2D eigenvalue weighted by molar-refractivity contribution is 9.11. The predicted octanol–water partition coefficient (Wildman–Crippen LogP) is 6.06. The average molecular weight is 392 g/mol. The molecule has 4 heteroatoms. The van der Waals surface area contributed by atoms with Crippen molar-refractivity contribution in [1.82, 2.24) is 0 Å². The third-order valence-electron chi connectivity index (χ3n) is 2.88. The summed E-state index contributed by atoms with van der Waals surface area (Å²) in [6, 6.07) is 5.97. The molecule has 2 aromatic rings. The fourth-order valence-corrected chi connectivity index (χ4v) is 4.15. The maximum Gasteiger partial charge on any atom is 0.129 e. The van der Waals surface area contributed by atoms with Gasteiger partial charge in [-0.25, -0.2) is 4.39 Å². The molecular formula is C14H13Br2FS. The maximum atomic E-state index is 13.6. The molecule has 1 heterocycles. The lowest BCUT2D eigenvalue weighted by atomic mass is 10.0. The molecule has 1 unspecified atom stereocenters. The fraction of sp³-hybridized carbons (Fsp3) is 0.286. The first-order valence-corrected chi connectivity index (χ1v) is 8.09. The monoisotopic (exact) mass is 390 g/mol. The van der Waals surface area contributed by atoms with Gasteiger partial charge in [-0.1, -0.05) is 28.1 Å². The van der Waals surface area contributed by atoms with Crippen molar-refractivity contribution in [2.24, 2.45) is 0 Å². The molecule has 0 bridgehead atoms. The van der Waals surface area contributed by atoms with Crippen LogP contribution in [0.1, 0.15) is 32.0 Å². The standard InChI is InChI=1S/C14H13Br2FS/c1-7-4-10(5-8(2)13(7)17)12(15)11-6-9(3)14(16)18-11/h4-6,12H,1-3H3. The van der Waals surface area contributed by atoms with E-state index < -0.39 is 0 Å². The molecule has 0 N–H and O–H groups in total. The van der Waals surface area contributed by atoms with Crippen LogP contribution in [0.15, 0.2) is 22.0 Å². The largest absolute Gasteiger partial charge is 0.206 e. The van der Waals surface area contributed by atoms with E-state index >= 15 is 0 Å². The van der Waals surface area contributed by atoms with E-state index in [0.29, 0.717) is 11.1 Å². The number of rotatable bonds is 2. The van der Waals surface area contributed by atoms with Gasteiger partial charge in [0.2, 0.25) is 0 Å². The van der Waals surface area contributed by atoms with Crippen LogP contribution in [0, 0.1) is 26.6 Å². The smallest absolute Gasteiger partial charge is 0.129 e. The van der Waals surface area contributed by atoms with Crippen LogP contribution >= 0.6 is 43.2 Å². The molecule has 0 nitrogen and oxygen atoms in total. The number of benzene rings is 1. The fourth-order valence-electron chi connectivity index (χ4n) is 1.90. The highest BCUT2D eigenvalue weighted by Gasteiger charge is 2.16. The van der Waals surface area contributed by atoms with E-state index in [1.807, 2.05) is 12.1 Å². The SMILES string of the molecule is Cc1cc(C(Br)c2cc(C)c(F)c(C)c2)sc1Br. The summed E-state index contributed by atoms with van der Waals surface area (Å²) in [7, 11) is 0. The highest BCUT2D eigenvalue weighted by atomic mass is 79.9. The molecule has 96 valence electrons. The van der Waals surface area contributed by atoms with Gasteiger partial charge in [0.15, 0.2) is 0 Å². The molecule has 0 fully saturated rings. The van der Waals surface area contributed by atoms with Gasteiger partial charge in [-0.15, -0.1) is 11.3 Å². The van der Waals surface area contributed by atoms with Gasteiger partial charge in [-0.2, -0.15) is 0 Å². The minimum Gasteiger partial charge on any atom is -0.206 e. The molecule has 18 heavy (non-hydrogen) atoms. The number of halogens is 3. The van der Waals surface area contributed by atoms with Crippen molar-refractivity contribution in [3.8, 4) is 0 Å². The van der Waals surface area contributed by atoms with Crippen LogP contribution < -0.4 is 0 Å². The molecule has 0 saturated heterocycles. The lowest BCUT2D eigenvalue weighted by Crippen LogP contribution is -1.95. The van der Waals surface area contributed by atoms with Crippen LogP contribution in [0.5, 0.6) is 0 Å². The lowest BCUT2D eigenvalue weighted by Gasteiger charge is -2.11. The number of aryl methyl sites for hydroxylation is 3. The summed E-state index contributed by atoms with van der Waals surface area (Å²) in [5, 5.41) is 0. The lowest BCUT2D eigenvalue weighted by molar-refractivity contribution is 0.608. The highest BCUT2D eigenvalue weighted by Crippen LogP contribution is 2.39. The Balaban J connectivity index is 2.42. The summed E-state index contributed by atoms with van der Waals surface area (Å²) >= 11 is 8.95. The second-order valence-corrected chi connectivity index (χ2v) is 7.75. The minimum atomic E-state index is -0.109. The molecule has 0 aliphatic rings. The van der Waals surface area contributed by atoms with Crippen LogP contribution in [0.25, 0.3) is 0 Å². The van der Waals surface area contributed by atoms with Crippen LogP contribution in [0.4, 0.5) is 4.39 Å². The first-order chi connectivity index (χ1) is 8.40. The Bertz CT molecular complexity index is 547. The summed E-state index contributed by atoms with van der Waals surface area (Å²) < 4.78 is 14.8. The Morgan fingerprint density at radius 3 is 2.06 bits per heavy atom. The normalized spacial score (nSPS) is 12.8. The van der Waals surface area contributed by atoms with Crippen molar-refractivity contribution in [2.75, 3.05) is 0 Å². The summed E-state index contributed by atoms with van der Waals surface area (Å²) in [5.41, 5.74) is 3.72. The Morgan fingerprint density at radius 2 is 1.61 bits per heavy atom. The molecular weight excluding hydrogens is 379 g/mol. The predicted molar refractivity (Wildman–Crippen MR) is 83.4 cm³/mol. The molecule has 0 radical (unpaired) electrons. The number of hydrogen-bond donors (Lipinski definition) is 0. The van der Waals surface area contributed by atoms with Gasteiger partial charge < -0.3 is 0 Å². The molecule has 0 saturated carbocycles. The minimum absolute atomic E-state index is 0.109.